The van der Waals surface area contributed by atoms with Crippen molar-refractivity contribution in [3.8, 4) is 22.3 Å². The first kappa shape index (κ1) is 30.3. The molecule has 56 heavy (non-hydrogen) atoms. The Morgan fingerprint density at radius 1 is 0.304 bits per heavy atom. The van der Waals surface area contributed by atoms with E-state index < -0.39 is 0 Å². The molecule has 0 atom stereocenters. The molecule has 0 amide bonds. The predicted molar refractivity (Wildman–Crippen MR) is 243 cm³/mol. The van der Waals surface area contributed by atoms with E-state index in [-0.39, 0.29) is 0 Å². The maximum atomic E-state index is 6.87. The first-order valence-corrected chi connectivity index (χ1v) is 20.1. The molecule has 1 nitrogen and oxygen atoms in total. The van der Waals surface area contributed by atoms with E-state index in [0.717, 1.165) is 27.5 Å². The van der Waals surface area contributed by atoms with Crippen LogP contribution < -0.4 is 0 Å². The van der Waals surface area contributed by atoms with Crippen LogP contribution in [0.1, 0.15) is 0 Å². The molecular formula is C54H30OS. The highest BCUT2D eigenvalue weighted by Crippen LogP contribution is 2.49. The van der Waals surface area contributed by atoms with Crippen LogP contribution >= 0.6 is 11.3 Å². The van der Waals surface area contributed by atoms with Crippen LogP contribution in [0.5, 0.6) is 0 Å². The van der Waals surface area contributed by atoms with Crippen molar-refractivity contribution in [3.63, 3.8) is 0 Å². The fourth-order valence-corrected chi connectivity index (χ4v) is 11.2. The van der Waals surface area contributed by atoms with Gasteiger partial charge in [-0.1, -0.05) is 164 Å². The Balaban J connectivity index is 1.07. The molecule has 0 radical (unpaired) electrons. The third-order valence-electron chi connectivity index (χ3n) is 12.2. The van der Waals surface area contributed by atoms with Gasteiger partial charge in [-0.3, -0.25) is 0 Å². The highest BCUT2D eigenvalue weighted by atomic mass is 32.1. The number of benzene rings is 11. The van der Waals surface area contributed by atoms with E-state index >= 15 is 0 Å². The van der Waals surface area contributed by atoms with Gasteiger partial charge >= 0.3 is 0 Å². The van der Waals surface area contributed by atoms with Crippen LogP contribution in [0.2, 0.25) is 0 Å². The van der Waals surface area contributed by atoms with E-state index in [0.29, 0.717) is 0 Å². The molecule has 0 aliphatic heterocycles. The fourth-order valence-electron chi connectivity index (χ4n) is 9.87. The van der Waals surface area contributed by atoms with Crippen LogP contribution in [0, 0.1) is 0 Å². The summed E-state index contributed by atoms with van der Waals surface area (Å²) in [6.45, 7) is 0. The second-order valence-electron chi connectivity index (χ2n) is 15.1. The average molecular weight is 727 g/mol. The molecule has 2 aromatic heterocycles. The van der Waals surface area contributed by atoms with E-state index in [1.165, 1.54) is 101 Å². The maximum absolute atomic E-state index is 6.87. The first-order valence-electron chi connectivity index (χ1n) is 19.3. The molecule has 0 spiro atoms. The molecule has 0 aliphatic rings. The normalized spacial score (nSPS) is 12.3. The molecule has 0 saturated carbocycles. The molecule has 258 valence electrons. The van der Waals surface area contributed by atoms with Gasteiger partial charge in [-0.25, -0.2) is 0 Å². The summed E-state index contributed by atoms with van der Waals surface area (Å²) >= 11 is 1.92. The second-order valence-corrected chi connectivity index (χ2v) is 16.1. The molecule has 0 fully saturated rings. The van der Waals surface area contributed by atoms with Crippen molar-refractivity contribution in [2.24, 2.45) is 0 Å². The van der Waals surface area contributed by atoms with Gasteiger partial charge in [0, 0.05) is 41.7 Å². The van der Waals surface area contributed by atoms with Gasteiger partial charge in [0.25, 0.3) is 0 Å². The predicted octanol–water partition coefficient (Wildman–Crippen LogP) is 16.2. The van der Waals surface area contributed by atoms with Gasteiger partial charge < -0.3 is 4.42 Å². The summed E-state index contributed by atoms with van der Waals surface area (Å²) in [5.74, 6) is 0. The lowest BCUT2D eigenvalue weighted by molar-refractivity contribution is 0.673. The molecule has 0 bridgehead atoms. The molecule has 0 saturated heterocycles. The largest absolute Gasteiger partial charge is 0.455 e. The lowest BCUT2D eigenvalue weighted by atomic mass is 9.85. The minimum Gasteiger partial charge on any atom is -0.455 e. The third-order valence-corrected chi connectivity index (χ3v) is 13.4. The van der Waals surface area contributed by atoms with Crippen LogP contribution in [-0.4, -0.2) is 0 Å². The van der Waals surface area contributed by atoms with Gasteiger partial charge in [0.05, 0.1) is 0 Å². The highest BCUT2D eigenvalue weighted by molar-refractivity contribution is 7.27. The Morgan fingerprint density at radius 2 is 0.714 bits per heavy atom. The summed E-state index contributed by atoms with van der Waals surface area (Å²) in [7, 11) is 0. The fraction of sp³-hybridized carbons (Fsp3) is 0. The molecule has 11 aromatic carbocycles. The zero-order valence-electron chi connectivity index (χ0n) is 30.1. The Hall–Kier alpha value is -7.00. The smallest absolute Gasteiger partial charge is 0.143 e. The standard InChI is InChI=1S/C54H30OS/c1-5-17-37-33(13-1)35-15-3-11-23-43(35)53-51(37)45-27-25-31(29-47(45)55-53)49-39-19-7-9-21-41(39)50(42-22-10-8-20-40(42)49)32-26-28-46-48(30-32)56-54-44-24-12-4-16-36(44)34-14-2-6-18-38(34)52(46)54/h1-30H. The van der Waals surface area contributed by atoms with Crippen molar-refractivity contribution < 1.29 is 4.42 Å². The van der Waals surface area contributed by atoms with Crippen LogP contribution in [0.3, 0.4) is 0 Å². The summed E-state index contributed by atoms with van der Waals surface area (Å²) in [4.78, 5) is 0. The number of thiophene rings is 1. The lowest BCUT2D eigenvalue weighted by Crippen LogP contribution is -1.90. The summed E-state index contributed by atoms with van der Waals surface area (Å²) in [6, 6.07) is 67.0. The van der Waals surface area contributed by atoms with Crippen molar-refractivity contribution in [2.45, 2.75) is 0 Å². The molecule has 13 rings (SSSR count). The average Bonchev–Trinajstić information content (AvgIpc) is 3.85. The quantitative estimate of drug-likeness (QED) is 0.128. The van der Waals surface area contributed by atoms with Crippen molar-refractivity contribution in [1.29, 1.82) is 0 Å². The minimum atomic E-state index is 0.909. The van der Waals surface area contributed by atoms with Crippen molar-refractivity contribution >= 4 is 118 Å². The van der Waals surface area contributed by atoms with Crippen LogP contribution in [0.25, 0.3) is 129 Å². The molecule has 0 unspecified atom stereocenters. The summed E-state index contributed by atoms with van der Waals surface area (Å²) in [5, 5.41) is 20.1. The van der Waals surface area contributed by atoms with E-state index in [9.17, 15) is 0 Å². The monoisotopic (exact) mass is 726 g/mol. The molecule has 2 heterocycles. The number of hydrogen-bond acceptors (Lipinski definition) is 2. The van der Waals surface area contributed by atoms with Gasteiger partial charge in [0.1, 0.15) is 11.2 Å². The van der Waals surface area contributed by atoms with Crippen LogP contribution in [0.4, 0.5) is 0 Å². The summed E-state index contributed by atoms with van der Waals surface area (Å²) in [5.41, 5.74) is 6.77. The van der Waals surface area contributed by atoms with Gasteiger partial charge in [-0.15, -0.1) is 11.3 Å². The summed E-state index contributed by atoms with van der Waals surface area (Å²) < 4.78 is 9.55. The SMILES string of the molecule is c1ccc2c(-c3ccc4c(c3)sc3c5ccccc5c5ccccc5c43)c3ccccc3c(-c3ccc4c(c3)oc3c5ccccc5c5ccccc5c43)c2c1. The number of hydrogen-bond donors (Lipinski definition) is 0. The summed E-state index contributed by atoms with van der Waals surface area (Å²) in [6.07, 6.45) is 0. The van der Waals surface area contributed by atoms with Crippen molar-refractivity contribution in [1.82, 2.24) is 0 Å². The van der Waals surface area contributed by atoms with Crippen LogP contribution in [0.15, 0.2) is 186 Å². The second kappa shape index (κ2) is 11.3. The van der Waals surface area contributed by atoms with Gasteiger partial charge in [0.2, 0.25) is 0 Å². The molecule has 2 heteroatoms. The Kier molecular flexibility index (Phi) is 6.11. The zero-order chi connectivity index (χ0) is 36.5. The maximum Gasteiger partial charge on any atom is 0.143 e. The van der Waals surface area contributed by atoms with E-state index in [2.05, 4.69) is 182 Å². The Morgan fingerprint density at radius 3 is 1.29 bits per heavy atom. The van der Waals surface area contributed by atoms with E-state index in [4.69, 9.17) is 4.42 Å². The van der Waals surface area contributed by atoms with E-state index in [1.807, 2.05) is 11.3 Å². The topological polar surface area (TPSA) is 13.1 Å². The minimum absolute atomic E-state index is 0.909. The van der Waals surface area contributed by atoms with Crippen molar-refractivity contribution in [3.05, 3.63) is 182 Å². The molecule has 13 aromatic rings. The molecule has 0 N–H and O–H groups in total. The van der Waals surface area contributed by atoms with Gasteiger partial charge in [-0.2, -0.15) is 0 Å². The Bertz CT molecular complexity index is 3520. The van der Waals surface area contributed by atoms with Gasteiger partial charge in [0.15, 0.2) is 0 Å². The van der Waals surface area contributed by atoms with Gasteiger partial charge in [-0.05, 0) is 94.3 Å². The van der Waals surface area contributed by atoms with Crippen LogP contribution in [-0.2, 0) is 0 Å². The molecular weight excluding hydrogens is 697 g/mol. The first-order chi connectivity index (χ1) is 27.8. The number of fused-ring (bicyclic) bond motifs is 18. The third kappa shape index (κ3) is 4.03. The lowest BCUT2D eigenvalue weighted by Gasteiger charge is -2.17. The number of furan rings is 1. The highest BCUT2D eigenvalue weighted by Gasteiger charge is 2.21. The number of rotatable bonds is 2. The Labute approximate surface area is 325 Å². The van der Waals surface area contributed by atoms with E-state index in [1.54, 1.807) is 0 Å². The zero-order valence-corrected chi connectivity index (χ0v) is 31.0. The van der Waals surface area contributed by atoms with Crippen molar-refractivity contribution in [2.75, 3.05) is 0 Å². The molecule has 0 aliphatic carbocycles.